The van der Waals surface area contributed by atoms with Gasteiger partial charge in [0.05, 0.1) is 42.2 Å². The summed E-state index contributed by atoms with van der Waals surface area (Å²) < 4.78 is 35.4. The van der Waals surface area contributed by atoms with Crippen LogP contribution in [0.4, 0.5) is 10.1 Å². The summed E-state index contributed by atoms with van der Waals surface area (Å²) in [4.78, 5) is 15.0. The number of hydrogen-bond donors (Lipinski definition) is 0. The molecule has 222 valence electrons. The van der Waals surface area contributed by atoms with Crippen molar-refractivity contribution >= 4 is 45.8 Å². The number of hydrogen-bond acceptors (Lipinski definition) is 4. The average Bonchev–Trinajstić information content (AvgIpc) is 3.90. The van der Waals surface area contributed by atoms with Crippen molar-refractivity contribution in [2.45, 2.75) is 49.9 Å². The number of nitriles is 1. The summed E-state index contributed by atoms with van der Waals surface area (Å²) in [7, 11) is -1.34. The molecule has 3 unspecified atom stereocenters. The number of nitrogens with zero attached hydrogens (tertiary/aromatic N) is 3. The molecule has 3 aliphatic rings. The quantitative estimate of drug-likeness (QED) is 0.261. The number of amides is 1. The second-order valence-electron chi connectivity index (χ2n) is 10.3. The number of carbonyl (C=O) groups is 1. The van der Waals surface area contributed by atoms with Gasteiger partial charge in [0.1, 0.15) is 23.4 Å². The van der Waals surface area contributed by atoms with Crippen LogP contribution in [-0.2, 0) is 20.5 Å². The minimum Gasteiger partial charge on any atom is -0.369 e. The molecule has 10 heteroatoms. The second kappa shape index (κ2) is 15.5. The Morgan fingerprint density at radius 3 is 2.14 bits per heavy atom. The molecule has 1 aliphatic heterocycles. The Morgan fingerprint density at radius 1 is 1.00 bits per heavy atom. The minimum atomic E-state index is -1.34. The molecule has 2 saturated carbocycles. The van der Waals surface area contributed by atoms with E-state index in [4.69, 9.17) is 33.2 Å². The van der Waals surface area contributed by atoms with Gasteiger partial charge in [-0.2, -0.15) is 5.26 Å². The second-order valence-corrected chi connectivity index (χ2v) is 12.8. The van der Waals surface area contributed by atoms with Gasteiger partial charge < -0.3 is 9.64 Å². The van der Waals surface area contributed by atoms with Crippen LogP contribution >= 0.6 is 23.2 Å². The maximum Gasteiger partial charge on any atom is 0.249 e. The molecule has 42 heavy (non-hydrogen) atoms. The molecule has 0 N–H and O–H groups in total. The predicted molar refractivity (Wildman–Crippen MR) is 166 cm³/mol. The summed E-state index contributed by atoms with van der Waals surface area (Å²) in [6.07, 6.45) is 3.78. The SMILES string of the molecule is CC#N.Clc1ccccc1.O=C1COCC(c2ccc(Cl)cc2)N1C(CN(c1ccccc1F)S(=O)C1CC1)C1CC1. The predicted octanol–water partition coefficient (Wildman–Crippen LogP) is 7.36. The van der Waals surface area contributed by atoms with Crippen LogP contribution in [0.1, 0.15) is 44.2 Å². The summed E-state index contributed by atoms with van der Waals surface area (Å²) in [6.45, 7) is 2.19. The number of benzene rings is 3. The van der Waals surface area contributed by atoms with Crippen LogP contribution in [0.3, 0.4) is 0 Å². The molecule has 6 rings (SSSR count). The van der Waals surface area contributed by atoms with Gasteiger partial charge in [0.25, 0.3) is 0 Å². The lowest BCUT2D eigenvalue weighted by Crippen LogP contribution is -2.54. The van der Waals surface area contributed by atoms with Crippen molar-refractivity contribution in [2.24, 2.45) is 5.92 Å². The average molecular weight is 631 g/mol. The molecule has 0 spiro atoms. The van der Waals surface area contributed by atoms with Crippen molar-refractivity contribution in [3.63, 3.8) is 0 Å². The molecule has 0 radical (unpaired) electrons. The minimum absolute atomic E-state index is 0.0265. The van der Waals surface area contributed by atoms with Gasteiger partial charge in [-0.25, -0.2) is 8.60 Å². The standard InChI is InChI=1S/C24H26ClFN2O3S.C6H5Cl.C2H3N/c25-18-9-7-17(8-10-18)23-14-31-15-24(29)28(23)22(16-5-6-16)13-27(32(30)19-11-12-19)21-4-2-1-3-20(21)26;7-6-4-2-1-3-5-6;1-2-3/h1-4,7-10,16,19,22-23H,5-6,11-15H2;1-5H;1H3. The molecule has 2 aliphatic carbocycles. The number of anilines is 1. The number of para-hydroxylation sites is 1. The lowest BCUT2D eigenvalue weighted by atomic mass is 10.00. The molecule has 6 nitrogen and oxygen atoms in total. The van der Waals surface area contributed by atoms with Gasteiger partial charge in [-0.1, -0.05) is 65.7 Å². The molecule has 3 atom stereocenters. The Bertz CT molecular complexity index is 1380. The summed E-state index contributed by atoms with van der Waals surface area (Å²) in [5.41, 5.74) is 1.29. The molecule has 1 heterocycles. The summed E-state index contributed by atoms with van der Waals surface area (Å²) in [5.74, 6) is -0.172. The van der Waals surface area contributed by atoms with E-state index in [1.165, 1.54) is 13.0 Å². The van der Waals surface area contributed by atoms with E-state index in [0.29, 0.717) is 29.8 Å². The van der Waals surface area contributed by atoms with Crippen LogP contribution in [0.5, 0.6) is 0 Å². The maximum absolute atomic E-state index is 14.8. The Kier molecular flexibility index (Phi) is 11.8. The van der Waals surface area contributed by atoms with Crippen LogP contribution in [0, 0.1) is 23.1 Å². The fraction of sp³-hybridized carbons (Fsp3) is 0.375. The fourth-order valence-corrected chi connectivity index (χ4v) is 6.66. The molecule has 3 aromatic carbocycles. The number of rotatable bonds is 8. The van der Waals surface area contributed by atoms with E-state index in [1.807, 2.05) is 59.5 Å². The highest BCUT2D eigenvalue weighted by atomic mass is 35.5. The fourth-order valence-electron chi connectivity index (χ4n) is 4.85. The van der Waals surface area contributed by atoms with E-state index in [9.17, 15) is 13.4 Å². The van der Waals surface area contributed by atoms with Gasteiger partial charge in [0.2, 0.25) is 5.91 Å². The van der Waals surface area contributed by atoms with E-state index in [-0.39, 0.29) is 29.8 Å². The number of halogens is 3. The first-order valence-electron chi connectivity index (χ1n) is 13.9. The summed E-state index contributed by atoms with van der Waals surface area (Å²) in [6, 6.07) is 24.7. The van der Waals surface area contributed by atoms with Gasteiger partial charge in [-0.15, -0.1) is 0 Å². The molecule has 0 bridgehead atoms. The Hall–Kier alpha value is -2.96. The zero-order valence-electron chi connectivity index (χ0n) is 23.4. The number of carbonyl (C=O) groups excluding carboxylic acids is 1. The topological polar surface area (TPSA) is 73.6 Å². The van der Waals surface area contributed by atoms with Gasteiger partial charge in [-0.05, 0) is 73.6 Å². The van der Waals surface area contributed by atoms with Crippen molar-refractivity contribution in [2.75, 3.05) is 24.1 Å². The van der Waals surface area contributed by atoms with Crippen LogP contribution in [0.2, 0.25) is 10.0 Å². The third kappa shape index (κ3) is 8.78. The van der Waals surface area contributed by atoms with Crippen molar-refractivity contribution in [3.05, 3.63) is 100 Å². The Morgan fingerprint density at radius 2 is 1.60 bits per heavy atom. The first kappa shape index (κ1) is 32.0. The highest BCUT2D eigenvalue weighted by molar-refractivity contribution is 7.87. The van der Waals surface area contributed by atoms with Crippen molar-refractivity contribution in [1.29, 1.82) is 5.26 Å². The molecular weight excluding hydrogens is 596 g/mol. The lowest BCUT2D eigenvalue weighted by molar-refractivity contribution is -0.152. The third-order valence-corrected chi connectivity index (χ3v) is 9.46. The van der Waals surface area contributed by atoms with Gasteiger partial charge in [-0.3, -0.25) is 9.10 Å². The third-order valence-electron chi connectivity index (χ3n) is 7.14. The van der Waals surface area contributed by atoms with Crippen LogP contribution in [0.25, 0.3) is 0 Å². The Labute approximate surface area is 259 Å². The van der Waals surface area contributed by atoms with Crippen LogP contribution < -0.4 is 4.31 Å². The highest BCUT2D eigenvalue weighted by Gasteiger charge is 2.45. The largest absolute Gasteiger partial charge is 0.369 e. The van der Waals surface area contributed by atoms with E-state index in [0.717, 1.165) is 36.3 Å². The van der Waals surface area contributed by atoms with Gasteiger partial charge in [0, 0.05) is 17.0 Å². The van der Waals surface area contributed by atoms with E-state index < -0.39 is 16.8 Å². The van der Waals surface area contributed by atoms with Crippen molar-refractivity contribution < 1.29 is 18.1 Å². The first-order chi connectivity index (χ1) is 20.3. The molecule has 0 aromatic heterocycles. The van der Waals surface area contributed by atoms with E-state index in [2.05, 4.69) is 0 Å². The van der Waals surface area contributed by atoms with Crippen LogP contribution in [-0.4, -0.2) is 46.1 Å². The van der Waals surface area contributed by atoms with Gasteiger partial charge in [0.15, 0.2) is 0 Å². The molecule has 1 saturated heterocycles. The molecular formula is C32H34Cl2FN3O3S. The monoisotopic (exact) mass is 629 g/mol. The zero-order chi connectivity index (χ0) is 30.1. The number of morpholine rings is 1. The van der Waals surface area contributed by atoms with E-state index in [1.54, 1.807) is 28.6 Å². The van der Waals surface area contributed by atoms with Crippen molar-refractivity contribution in [3.8, 4) is 6.07 Å². The Balaban J connectivity index is 0.000000347. The number of ether oxygens (including phenoxy) is 1. The molecule has 1 amide bonds. The lowest BCUT2D eigenvalue weighted by Gasteiger charge is -2.43. The smallest absolute Gasteiger partial charge is 0.249 e. The summed E-state index contributed by atoms with van der Waals surface area (Å²) in [5, 5.41) is 8.80. The normalized spacial score (nSPS) is 19.3. The van der Waals surface area contributed by atoms with Crippen molar-refractivity contribution in [1.82, 2.24) is 4.90 Å². The molecule has 3 aromatic rings. The van der Waals surface area contributed by atoms with E-state index >= 15 is 0 Å². The van der Waals surface area contributed by atoms with Gasteiger partial charge >= 0.3 is 0 Å². The first-order valence-corrected chi connectivity index (χ1v) is 15.8. The van der Waals surface area contributed by atoms with Crippen LogP contribution in [0.15, 0.2) is 78.9 Å². The maximum atomic E-state index is 14.8. The zero-order valence-corrected chi connectivity index (χ0v) is 25.7. The molecule has 3 fully saturated rings. The summed E-state index contributed by atoms with van der Waals surface area (Å²) >= 11 is 11.6. The highest BCUT2D eigenvalue weighted by Crippen LogP contribution is 2.42.